The number of hydrogen-bond donors (Lipinski definition) is 0. The van der Waals surface area contributed by atoms with Crippen LogP contribution in [-0.2, 0) is 4.79 Å². The van der Waals surface area contributed by atoms with Gasteiger partial charge in [-0.25, -0.2) is 0 Å². The second kappa shape index (κ2) is 7.51. The second-order valence-electron chi connectivity index (χ2n) is 5.05. The molecule has 1 aliphatic heterocycles. The molecule has 4 nitrogen and oxygen atoms in total. The Hall–Kier alpha value is -1.63. The van der Waals surface area contributed by atoms with Gasteiger partial charge in [0, 0.05) is 22.5 Å². The Labute approximate surface area is 153 Å². The molecule has 0 N–H and O–H groups in total. The third kappa shape index (κ3) is 3.88. The normalized spacial score (nSPS) is 16.4. The van der Waals surface area contributed by atoms with Gasteiger partial charge in [-0.05, 0) is 54.6 Å². The van der Waals surface area contributed by atoms with Crippen molar-refractivity contribution in [2.24, 2.45) is 0 Å². The van der Waals surface area contributed by atoms with Crippen molar-refractivity contribution in [2.75, 3.05) is 6.54 Å². The first kappa shape index (κ1) is 17.2. The molecule has 24 heavy (non-hydrogen) atoms. The smallest absolute Gasteiger partial charge is 0.293 e. The van der Waals surface area contributed by atoms with Gasteiger partial charge < -0.3 is 4.42 Å². The molecular weight excluding hydrogens is 366 g/mol. The molecule has 0 unspecified atom stereocenters. The molecule has 2 amide bonds. The van der Waals surface area contributed by atoms with Gasteiger partial charge in [0.05, 0.1) is 4.91 Å². The number of imide groups is 1. The average molecular weight is 380 g/mol. The molecule has 1 aromatic heterocycles. The van der Waals surface area contributed by atoms with Crippen molar-refractivity contribution < 1.29 is 14.0 Å². The van der Waals surface area contributed by atoms with Crippen LogP contribution < -0.4 is 0 Å². The number of benzene rings is 1. The molecule has 2 aromatic rings. The van der Waals surface area contributed by atoms with Crippen molar-refractivity contribution in [1.82, 2.24) is 4.90 Å². The van der Waals surface area contributed by atoms with Crippen molar-refractivity contribution in [3.05, 3.63) is 52.1 Å². The fraction of sp³-hybridized carbons (Fsp3) is 0.176. The summed E-state index contributed by atoms with van der Waals surface area (Å²) in [6.45, 7) is 2.37. The van der Waals surface area contributed by atoms with Crippen molar-refractivity contribution in [2.45, 2.75) is 23.3 Å². The van der Waals surface area contributed by atoms with Crippen LogP contribution in [0.25, 0.3) is 6.08 Å². The summed E-state index contributed by atoms with van der Waals surface area (Å²) in [5.74, 6) is 0.295. The highest BCUT2D eigenvalue weighted by molar-refractivity contribution is 8.18. The van der Waals surface area contributed by atoms with Crippen LogP contribution in [0.4, 0.5) is 4.79 Å². The van der Waals surface area contributed by atoms with E-state index in [4.69, 9.17) is 16.0 Å². The lowest BCUT2D eigenvalue weighted by molar-refractivity contribution is -0.122. The van der Waals surface area contributed by atoms with Crippen LogP contribution in [0, 0.1) is 0 Å². The fourth-order valence-corrected chi connectivity index (χ4v) is 3.88. The molecule has 1 fully saturated rings. The molecule has 7 heteroatoms. The van der Waals surface area contributed by atoms with Gasteiger partial charge in [-0.2, -0.15) is 0 Å². The summed E-state index contributed by atoms with van der Waals surface area (Å²) in [6.07, 6.45) is 2.36. The van der Waals surface area contributed by atoms with Crippen molar-refractivity contribution in [3.8, 4) is 0 Å². The SMILES string of the molecule is CCCN1C(=O)S/C(=C/c2ccc(Sc3ccc(Cl)cc3)o2)C1=O. The van der Waals surface area contributed by atoms with Gasteiger partial charge in [0.15, 0.2) is 5.09 Å². The van der Waals surface area contributed by atoms with E-state index in [1.807, 2.05) is 37.3 Å². The minimum atomic E-state index is -0.254. The number of amides is 2. The van der Waals surface area contributed by atoms with Crippen molar-refractivity contribution >= 4 is 52.3 Å². The molecule has 1 aromatic carbocycles. The lowest BCUT2D eigenvalue weighted by Gasteiger charge is -2.09. The first-order chi connectivity index (χ1) is 11.6. The van der Waals surface area contributed by atoms with Gasteiger partial charge in [0.25, 0.3) is 11.1 Å². The topological polar surface area (TPSA) is 50.5 Å². The van der Waals surface area contributed by atoms with Crippen molar-refractivity contribution in [1.29, 1.82) is 0 Å². The second-order valence-corrected chi connectivity index (χ2v) is 7.55. The zero-order valence-electron chi connectivity index (χ0n) is 12.8. The first-order valence-corrected chi connectivity index (χ1v) is 9.36. The Bertz CT molecular complexity index is 798. The maximum absolute atomic E-state index is 12.2. The number of carbonyl (C=O) groups excluding carboxylic acids is 2. The summed E-state index contributed by atoms with van der Waals surface area (Å²) >= 11 is 8.28. The number of furan rings is 1. The van der Waals surface area contributed by atoms with Crippen LogP contribution in [-0.4, -0.2) is 22.6 Å². The fourth-order valence-electron chi connectivity index (χ4n) is 2.13. The van der Waals surface area contributed by atoms with Crippen LogP contribution in [0.2, 0.25) is 5.02 Å². The van der Waals surface area contributed by atoms with Gasteiger partial charge in [-0.15, -0.1) is 0 Å². The van der Waals surface area contributed by atoms with E-state index in [0.29, 0.717) is 27.3 Å². The quantitative estimate of drug-likeness (QED) is 0.639. The molecule has 0 aliphatic carbocycles. The van der Waals surface area contributed by atoms with E-state index in [2.05, 4.69) is 0 Å². The Kier molecular flexibility index (Phi) is 5.38. The van der Waals surface area contributed by atoms with E-state index in [-0.39, 0.29) is 11.1 Å². The van der Waals surface area contributed by atoms with Crippen LogP contribution in [0.3, 0.4) is 0 Å². The summed E-state index contributed by atoms with van der Waals surface area (Å²) < 4.78 is 5.72. The molecule has 0 spiro atoms. The average Bonchev–Trinajstić information content (AvgIpc) is 3.10. The molecule has 0 atom stereocenters. The van der Waals surface area contributed by atoms with E-state index in [1.165, 1.54) is 16.7 Å². The molecule has 3 rings (SSSR count). The highest BCUT2D eigenvalue weighted by Gasteiger charge is 2.34. The summed E-state index contributed by atoms with van der Waals surface area (Å²) in [5.41, 5.74) is 0. The molecular formula is C17H14ClNO3S2. The van der Waals surface area contributed by atoms with E-state index >= 15 is 0 Å². The molecule has 2 heterocycles. The highest BCUT2D eigenvalue weighted by Crippen LogP contribution is 2.34. The first-order valence-electron chi connectivity index (χ1n) is 7.35. The largest absolute Gasteiger partial charge is 0.450 e. The van der Waals surface area contributed by atoms with Gasteiger partial charge in [-0.3, -0.25) is 14.5 Å². The number of thioether (sulfide) groups is 1. The van der Waals surface area contributed by atoms with Crippen molar-refractivity contribution in [3.63, 3.8) is 0 Å². The molecule has 124 valence electrons. The monoisotopic (exact) mass is 379 g/mol. The van der Waals surface area contributed by atoms with Gasteiger partial charge in [0.2, 0.25) is 0 Å². The van der Waals surface area contributed by atoms with Gasteiger partial charge in [0.1, 0.15) is 5.76 Å². The number of hydrogen-bond acceptors (Lipinski definition) is 5. The summed E-state index contributed by atoms with van der Waals surface area (Å²) in [5, 5.41) is 1.16. The summed E-state index contributed by atoms with van der Waals surface area (Å²) in [4.78, 5) is 26.7. The third-order valence-corrected chi connectivity index (χ3v) is 5.32. The van der Waals surface area contributed by atoms with Crippen LogP contribution >= 0.6 is 35.1 Å². The zero-order valence-corrected chi connectivity index (χ0v) is 15.2. The number of nitrogens with zero attached hydrogens (tertiary/aromatic N) is 1. The Morgan fingerprint density at radius 3 is 2.67 bits per heavy atom. The molecule has 0 saturated carbocycles. The predicted octanol–water partition coefficient (Wildman–Crippen LogP) is 5.53. The van der Waals surface area contributed by atoms with Crippen LogP contribution in [0.15, 0.2) is 55.7 Å². The maximum atomic E-state index is 12.2. The molecule has 1 saturated heterocycles. The minimum Gasteiger partial charge on any atom is -0.450 e. The number of carbonyl (C=O) groups is 2. The lowest BCUT2D eigenvalue weighted by Crippen LogP contribution is -2.28. The Morgan fingerprint density at radius 1 is 1.21 bits per heavy atom. The van der Waals surface area contributed by atoms with E-state index in [1.54, 1.807) is 12.1 Å². The maximum Gasteiger partial charge on any atom is 0.293 e. The standard InChI is InChI=1S/C17H14ClNO3S2/c1-2-9-19-16(20)14(24-17(19)21)10-12-5-8-15(22-12)23-13-6-3-11(18)4-7-13/h3-8,10H,2,9H2,1H3/b14-10+. The molecule has 1 aliphatic rings. The highest BCUT2D eigenvalue weighted by atomic mass is 35.5. The van der Waals surface area contributed by atoms with E-state index in [0.717, 1.165) is 23.1 Å². The Morgan fingerprint density at radius 2 is 1.96 bits per heavy atom. The molecule has 0 bridgehead atoms. The molecule has 0 radical (unpaired) electrons. The zero-order chi connectivity index (χ0) is 17.1. The number of halogens is 1. The van der Waals surface area contributed by atoms with Gasteiger partial charge in [-0.1, -0.05) is 30.3 Å². The third-order valence-electron chi connectivity index (χ3n) is 3.23. The lowest BCUT2D eigenvalue weighted by atomic mass is 10.3. The summed E-state index contributed by atoms with van der Waals surface area (Å²) in [6, 6.07) is 11.1. The Balaban J connectivity index is 1.73. The predicted molar refractivity (Wildman–Crippen MR) is 97.3 cm³/mol. The summed E-state index contributed by atoms with van der Waals surface area (Å²) in [7, 11) is 0. The van der Waals surface area contributed by atoms with Crippen LogP contribution in [0.1, 0.15) is 19.1 Å². The van der Waals surface area contributed by atoms with Crippen LogP contribution in [0.5, 0.6) is 0 Å². The van der Waals surface area contributed by atoms with Gasteiger partial charge >= 0.3 is 0 Å². The van der Waals surface area contributed by atoms with E-state index < -0.39 is 0 Å². The number of rotatable bonds is 5. The minimum absolute atomic E-state index is 0.226. The van der Waals surface area contributed by atoms with E-state index in [9.17, 15) is 9.59 Å².